The van der Waals surface area contributed by atoms with Gasteiger partial charge in [-0.15, -0.1) is 0 Å². The minimum Gasteiger partial charge on any atom is -0.490 e. The number of hydrogen-bond acceptors (Lipinski definition) is 6. The normalized spacial score (nSPS) is 20.4. The Bertz CT molecular complexity index is 762. The summed E-state index contributed by atoms with van der Waals surface area (Å²) in [6, 6.07) is 10.4. The molecular formula is C23H32N4O2. The average molecular weight is 397 g/mol. The molecule has 2 N–H and O–H groups in total. The summed E-state index contributed by atoms with van der Waals surface area (Å²) in [5.41, 5.74) is 1.19. The number of anilines is 2. The lowest BCUT2D eigenvalue weighted by Crippen LogP contribution is -2.37. The van der Waals surface area contributed by atoms with Gasteiger partial charge in [0.2, 0.25) is 0 Å². The van der Waals surface area contributed by atoms with Gasteiger partial charge < -0.3 is 20.1 Å². The third-order valence-electron chi connectivity index (χ3n) is 6.01. The number of nitrogens with one attached hydrogen (secondary N) is 1. The first-order valence-electron chi connectivity index (χ1n) is 11.0. The van der Waals surface area contributed by atoms with Crippen LogP contribution in [0.3, 0.4) is 0 Å². The highest BCUT2D eigenvalue weighted by atomic mass is 16.5. The van der Waals surface area contributed by atoms with E-state index in [0.29, 0.717) is 18.6 Å². The summed E-state index contributed by atoms with van der Waals surface area (Å²) in [6.07, 6.45) is 10.4. The second-order valence-corrected chi connectivity index (χ2v) is 8.27. The molecule has 0 amide bonds. The van der Waals surface area contributed by atoms with E-state index < -0.39 is 0 Å². The summed E-state index contributed by atoms with van der Waals surface area (Å²) in [5, 5.41) is 12.8. The second-order valence-electron chi connectivity index (χ2n) is 8.27. The molecular weight excluding hydrogens is 364 g/mol. The van der Waals surface area contributed by atoms with Crippen molar-refractivity contribution in [2.45, 2.75) is 57.6 Å². The Morgan fingerprint density at radius 1 is 1.03 bits per heavy atom. The third-order valence-corrected chi connectivity index (χ3v) is 6.01. The molecule has 0 spiro atoms. The van der Waals surface area contributed by atoms with Gasteiger partial charge in [-0.25, -0.2) is 9.97 Å². The number of benzene rings is 1. The largest absolute Gasteiger partial charge is 0.490 e. The molecule has 156 valence electrons. The minimum absolute atomic E-state index is 0.243. The zero-order valence-corrected chi connectivity index (χ0v) is 17.1. The van der Waals surface area contributed by atoms with Crippen molar-refractivity contribution in [3.8, 4) is 5.75 Å². The van der Waals surface area contributed by atoms with E-state index in [0.717, 1.165) is 43.3 Å². The van der Waals surface area contributed by atoms with E-state index in [1.54, 1.807) is 6.33 Å². The Balaban J connectivity index is 1.30. The summed E-state index contributed by atoms with van der Waals surface area (Å²) in [7, 11) is 0. The molecule has 2 aliphatic rings. The van der Waals surface area contributed by atoms with Crippen LogP contribution in [0.5, 0.6) is 5.75 Å². The smallest absolute Gasteiger partial charge is 0.134 e. The van der Waals surface area contributed by atoms with E-state index in [1.165, 1.54) is 37.7 Å². The molecule has 1 saturated heterocycles. The summed E-state index contributed by atoms with van der Waals surface area (Å²) in [5.74, 6) is 3.05. The quantitative estimate of drug-likeness (QED) is 0.737. The molecule has 1 unspecified atom stereocenters. The fourth-order valence-corrected chi connectivity index (χ4v) is 4.29. The molecule has 2 aromatic rings. The molecule has 1 aliphatic heterocycles. The molecule has 1 saturated carbocycles. The zero-order chi connectivity index (χ0) is 19.9. The van der Waals surface area contributed by atoms with Gasteiger partial charge >= 0.3 is 0 Å². The van der Waals surface area contributed by atoms with Crippen molar-refractivity contribution in [1.29, 1.82) is 0 Å². The van der Waals surface area contributed by atoms with E-state index in [1.807, 2.05) is 6.07 Å². The van der Waals surface area contributed by atoms with Gasteiger partial charge in [-0.05, 0) is 62.1 Å². The Morgan fingerprint density at radius 2 is 1.86 bits per heavy atom. The Hall–Kier alpha value is -2.34. The van der Waals surface area contributed by atoms with Gasteiger partial charge in [-0.3, -0.25) is 0 Å². The van der Waals surface area contributed by atoms with Crippen LogP contribution in [0.1, 0.15) is 50.5 Å². The minimum atomic E-state index is 0.243. The maximum atomic E-state index is 9.45. The monoisotopic (exact) mass is 396 g/mol. The van der Waals surface area contributed by atoms with Crippen LogP contribution in [-0.4, -0.2) is 40.9 Å². The van der Waals surface area contributed by atoms with Crippen LogP contribution in [0.25, 0.3) is 0 Å². The Kier molecular flexibility index (Phi) is 6.83. The fraction of sp³-hybridized carbons (Fsp3) is 0.565. The van der Waals surface area contributed by atoms with Gasteiger partial charge in [0.05, 0.1) is 6.10 Å². The lowest BCUT2D eigenvalue weighted by atomic mass is 9.98. The zero-order valence-electron chi connectivity index (χ0n) is 17.1. The Morgan fingerprint density at radius 3 is 2.66 bits per heavy atom. The highest BCUT2D eigenvalue weighted by Crippen LogP contribution is 2.25. The van der Waals surface area contributed by atoms with E-state index in [9.17, 15) is 5.11 Å². The summed E-state index contributed by atoms with van der Waals surface area (Å²) in [6.45, 7) is 2.79. The van der Waals surface area contributed by atoms with E-state index in [-0.39, 0.29) is 6.61 Å². The van der Waals surface area contributed by atoms with Gasteiger partial charge in [-0.1, -0.05) is 18.6 Å². The van der Waals surface area contributed by atoms with Crippen molar-refractivity contribution in [3.63, 3.8) is 0 Å². The van der Waals surface area contributed by atoms with Gasteiger partial charge in [0.1, 0.15) is 23.7 Å². The van der Waals surface area contributed by atoms with Crippen molar-refractivity contribution in [3.05, 3.63) is 42.2 Å². The molecule has 29 heavy (non-hydrogen) atoms. The SMILES string of the molecule is OCC1CCCN(c2cc(NCc3ccc(OC4CCCCC4)cc3)ncn2)C1. The average Bonchev–Trinajstić information content (AvgIpc) is 2.79. The number of aliphatic hydroxyl groups is 1. The van der Waals surface area contributed by atoms with Crippen LogP contribution < -0.4 is 15.0 Å². The number of rotatable bonds is 7. The molecule has 0 radical (unpaired) electrons. The number of aliphatic hydroxyl groups excluding tert-OH is 1. The van der Waals surface area contributed by atoms with Crippen LogP contribution in [0.15, 0.2) is 36.7 Å². The van der Waals surface area contributed by atoms with Crippen LogP contribution in [0.2, 0.25) is 0 Å². The molecule has 4 rings (SSSR count). The maximum Gasteiger partial charge on any atom is 0.134 e. The third kappa shape index (κ3) is 5.60. The fourth-order valence-electron chi connectivity index (χ4n) is 4.29. The lowest BCUT2D eigenvalue weighted by Gasteiger charge is -2.32. The highest BCUT2D eigenvalue weighted by molar-refractivity contribution is 5.49. The molecule has 1 atom stereocenters. The summed E-state index contributed by atoms with van der Waals surface area (Å²) < 4.78 is 6.11. The van der Waals surface area contributed by atoms with E-state index >= 15 is 0 Å². The van der Waals surface area contributed by atoms with E-state index in [2.05, 4.69) is 44.5 Å². The predicted molar refractivity (Wildman–Crippen MR) is 115 cm³/mol. The number of ether oxygens (including phenoxy) is 1. The first kappa shape index (κ1) is 20.0. The molecule has 2 fully saturated rings. The van der Waals surface area contributed by atoms with Crippen LogP contribution in [0.4, 0.5) is 11.6 Å². The van der Waals surface area contributed by atoms with Gasteiger partial charge in [0.15, 0.2) is 0 Å². The number of piperidine rings is 1. The van der Waals surface area contributed by atoms with Crippen LogP contribution >= 0.6 is 0 Å². The predicted octanol–water partition coefficient (Wildman–Crippen LogP) is 4.01. The van der Waals surface area contributed by atoms with Crippen molar-refractivity contribution in [2.75, 3.05) is 29.9 Å². The summed E-state index contributed by atoms with van der Waals surface area (Å²) in [4.78, 5) is 11.0. The molecule has 0 bridgehead atoms. The Labute approximate surface area is 173 Å². The van der Waals surface area contributed by atoms with E-state index in [4.69, 9.17) is 4.74 Å². The molecule has 2 heterocycles. The molecule has 6 heteroatoms. The van der Waals surface area contributed by atoms with Gasteiger partial charge in [-0.2, -0.15) is 0 Å². The molecule has 1 aromatic heterocycles. The van der Waals surface area contributed by atoms with Gasteiger partial charge in [0, 0.05) is 32.3 Å². The standard InChI is InChI=1S/C23H32N4O2/c28-16-19-5-4-12-27(15-19)23-13-22(25-17-26-23)24-14-18-8-10-21(11-9-18)29-20-6-2-1-3-7-20/h8-11,13,17,19-20,28H,1-7,12,14-16H2,(H,24,25,26). The number of hydrogen-bond donors (Lipinski definition) is 2. The topological polar surface area (TPSA) is 70.5 Å². The molecule has 1 aliphatic carbocycles. The van der Waals surface area contributed by atoms with Crippen LogP contribution in [0, 0.1) is 5.92 Å². The molecule has 1 aromatic carbocycles. The summed E-state index contributed by atoms with van der Waals surface area (Å²) >= 11 is 0. The van der Waals surface area contributed by atoms with Gasteiger partial charge in [0.25, 0.3) is 0 Å². The molecule has 6 nitrogen and oxygen atoms in total. The van der Waals surface area contributed by atoms with Crippen molar-refractivity contribution >= 4 is 11.6 Å². The lowest BCUT2D eigenvalue weighted by molar-refractivity contribution is 0.155. The first-order chi connectivity index (χ1) is 14.3. The second kappa shape index (κ2) is 9.92. The van der Waals surface area contributed by atoms with Crippen molar-refractivity contribution < 1.29 is 9.84 Å². The van der Waals surface area contributed by atoms with Crippen molar-refractivity contribution in [1.82, 2.24) is 9.97 Å². The van der Waals surface area contributed by atoms with Crippen molar-refractivity contribution in [2.24, 2.45) is 5.92 Å². The number of aromatic nitrogens is 2. The van der Waals surface area contributed by atoms with Crippen LogP contribution in [-0.2, 0) is 6.54 Å². The number of nitrogens with zero attached hydrogens (tertiary/aromatic N) is 3. The maximum absolute atomic E-state index is 9.45. The first-order valence-corrected chi connectivity index (χ1v) is 11.0. The highest BCUT2D eigenvalue weighted by Gasteiger charge is 2.20.